The Kier molecular flexibility index (Phi) is 6.05. The Hall–Kier alpha value is -2.93. The molecule has 0 heterocycles. The first kappa shape index (κ1) is 19.4. The molecule has 0 radical (unpaired) electrons. The molecule has 0 saturated heterocycles. The van der Waals surface area contributed by atoms with Gasteiger partial charge in [-0.2, -0.15) is 0 Å². The molecule has 0 aliphatic carbocycles. The van der Waals surface area contributed by atoms with Gasteiger partial charge in [-0.3, -0.25) is 5.32 Å². The molecule has 2 nitrogen and oxygen atoms in total. The molecule has 0 saturated carbocycles. The molecular weight excluding hydrogens is 373 g/mol. The summed E-state index contributed by atoms with van der Waals surface area (Å²) in [5, 5.41) is 5.35. The molecule has 1 N–H and O–H groups in total. The third kappa shape index (κ3) is 4.24. The highest BCUT2D eigenvalue weighted by Crippen LogP contribution is 2.55. The molecule has 29 heavy (non-hydrogen) atoms. The predicted octanol–water partition coefficient (Wildman–Crippen LogP) is 5.49. The molecule has 0 spiro atoms. The zero-order chi connectivity index (χ0) is 19.9. The highest BCUT2D eigenvalue weighted by molar-refractivity contribution is 7.79. The molecule has 0 bridgehead atoms. The number of nitrogens with one attached hydrogen (secondary N) is 1. The maximum Gasteiger partial charge on any atom is 0.163 e. The van der Waals surface area contributed by atoms with Gasteiger partial charge in [-0.25, -0.2) is 0 Å². The van der Waals surface area contributed by atoms with E-state index in [1.807, 2.05) is 97.1 Å². The number of hydrogen-bond donors (Lipinski definition) is 1. The van der Waals surface area contributed by atoms with Crippen LogP contribution in [0.3, 0.4) is 0 Å². The topological polar surface area (TPSA) is 29.1 Å². The molecule has 4 aromatic carbocycles. The van der Waals surface area contributed by atoms with Crippen LogP contribution >= 0.6 is 7.14 Å². The molecule has 1 atom stereocenters. The van der Waals surface area contributed by atoms with Crippen molar-refractivity contribution in [3.05, 3.63) is 132 Å². The van der Waals surface area contributed by atoms with Gasteiger partial charge >= 0.3 is 0 Å². The fraction of sp³-hybridized carbons (Fsp3) is 0.0769. The monoisotopic (exact) mass is 397 g/mol. The Morgan fingerprint density at radius 3 is 1.48 bits per heavy atom. The van der Waals surface area contributed by atoms with Crippen LogP contribution in [0.2, 0.25) is 0 Å². The van der Waals surface area contributed by atoms with E-state index >= 15 is 0 Å². The molecule has 0 aromatic heterocycles. The fourth-order valence-corrected chi connectivity index (χ4v) is 6.71. The molecule has 3 heteroatoms. The van der Waals surface area contributed by atoms with E-state index in [9.17, 15) is 4.57 Å². The molecule has 0 amide bonds. The van der Waals surface area contributed by atoms with Crippen LogP contribution in [0.4, 0.5) is 0 Å². The van der Waals surface area contributed by atoms with Gasteiger partial charge in [0.2, 0.25) is 0 Å². The van der Waals surface area contributed by atoms with Gasteiger partial charge in [0.1, 0.15) is 0 Å². The average Bonchev–Trinajstić information content (AvgIpc) is 2.81. The third-order valence-corrected chi connectivity index (χ3v) is 8.44. The first-order chi connectivity index (χ1) is 14.3. The molecule has 1 unspecified atom stereocenters. The van der Waals surface area contributed by atoms with Crippen LogP contribution in [0.15, 0.2) is 121 Å². The quantitative estimate of drug-likeness (QED) is 0.418. The van der Waals surface area contributed by atoms with Crippen molar-refractivity contribution in [1.29, 1.82) is 0 Å². The van der Waals surface area contributed by atoms with E-state index in [1.165, 1.54) is 5.56 Å². The molecule has 0 aliphatic rings. The van der Waals surface area contributed by atoms with Crippen molar-refractivity contribution in [2.24, 2.45) is 0 Å². The van der Waals surface area contributed by atoms with Gasteiger partial charge in [-0.05, 0) is 11.1 Å². The van der Waals surface area contributed by atoms with Gasteiger partial charge in [0.05, 0.1) is 5.78 Å². The lowest BCUT2D eigenvalue weighted by atomic mass is 10.2. The summed E-state index contributed by atoms with van der Waals surface area (Å²) >= 11 is 0. The lowest BCUT2D eigenvalue weighted by Gasteiger charge is -2.30. The highest BCUT2D eigenvalue weighted by atomic mass is 31.2. The Balaban J connectivity index is 1.83. The summed E-state index contributed by atoms with van der Waals surface area (Å²) in [4.78, 5) is 0. The van der Waals surface area contributed by atoms with E-state index in [4.69, 9.17) is 0 Å². The van der Waals surface area contributed by atoms with Crippen molar-refractivity contribution in [2.75, 3.05) is 0 Å². The van der Waals surface area contributed by atoms with Gasteiger partial charge < -0.3 is 4.57 Å². The van der Waals surface area contributed by atoms with E-state index < -0.39 is 7.14 Å². The first-order valence-corrected chi connectivity index (χ1v) is 11.6. The minimum Gasteiger partial charge on any atom is -0.312 e. The molecule has 0 aliphatic heterocycles. The second-order valence-corrected chi connectivity index (χ2v) is 9.87. The summed E-state index contributed by atoms with van der Waals surface area (Å²) in [5.74, 6) is -0.325. The minimum absolute atomic E-state index is 0.325. The second-order valence-electron chi connectivity index (χ2n) is 7.01. The summed E-state index contributed by atoms with van der Waals surface area (Å²) in [6, 6.07) is 40.1. The van der Waals surface area contributed by atoms with E-state index in [2.05, 4.69) is 29.6 Å². The maximum atomic E-state index is 14.9. The van der Waals surface area contributed by atoms with Crippen molar-refractivity contribution < 1.29 is 4.57 Å². The zero-order valence-corrected chi connectivity index (χ0v) is 17.1. The zero-order valence-electron chi connectivity index (χ0n) is 16.2. The van der Waals surface area contributed by atoms with Crippen LogP contribution in [-0.4, -0.2) is 0 Å². The van der Waals surface area contributed by atoms with Gasteiger partial charge in [-0.15, -0.1) is 0 Å². The van der Waals surface area contributed by atoms with Gasteiger partial charge in [-0.1, -0.05) is 121 Å². The molecular formula is C26H24NOP. The van der Waals surface area contributed by atoms with Crippen LogP contribution in [0.5, 0.6) is 0 Å². The van der Waals surface area contributed by atoms with Crippen LogP contribution in [0.1, 0.15) is 16.9 Å². The Labute approximate surface area is 172 Å². The Bertz CT molecular complexity index is 1020. The largest absolute Gasteiger partial charge is 0.312 e. The summed E-state index contributed by atoms with van der Waals surface area (Å²) in [5.41, 5.74) is 2.19. The van der Waals surface area contributed by atoms with Crippen molar-refractivity contribution in [2.45, 2.75) is 12.3 Å². The molecule has 4 aromatic rings. The molecule has 4 rings (SSSR count). The van der Waals surface area contributed by atoms with E-state index in [-0.39, 0.29) is 5.78 Å². The lowest BCUT2D eigenvalue weighted by molar-refractivity contribution is 0.559. The van der Waals surface area contributed by atoms with Crippen molar-refractivity contribution in [1.82, 2.24) is 5.32 Å². The summed E-state index contributed by atoms with van der Waals surface area (Å²) in [7, 11) is -3.00. The number of rotatable bonds is 7. The van der Waals surface area contributed by atoms with Gasteiger partial charge in [0.25, 0.3) is 0 Å². The lowest BCUT2D eigenvalue weighted by Crippen LogP contribution is -2.30. The maximum absolute atomic E-state index is 14.9. The SMILES string of the molecule is O=P(c1ccccc1)(c1ccccc1)C(NCc1ccccc1)c1ccccc1. The number of benzene rings is 4. The number of hydrogen-bond acceptors (Lipinski definition) is 2. The van der Waals surface area contributed by atoms with Crippen LogP contribution in [-0.2, 0) is 11.1 Å². The van der Waals surface area contributed by atoms with Crippen molar-refractivity contribution in [3.8, 4) is 0 Å². The second kappa shape index (κ2) is 9.05. The molecule has 144 valence electrons. The van der Waals surface area contributed by atoms with Gasteiger partial charge in [0.15, 0.2) is 7.14 Å². The van der Waals surface area contributed by atoms with E-state index in [1.54, 1.807) is 0 Å². The summed E-state index contributed by atoms with van der Waals surface area (Å²) in [6.07, 6.45) is 0. The first-order valence-electron chi connectivity index (χ1n) is 9.82. The van der Waals surface area contributed by atoms with Crippen LogP contribution in [0.25, 0.3) is 0 Å². The van der Waals surface area contributed by atoms with Crippen LogP contribution < -0.4 is 15.9 Å². The van der Waals surface area contributed by atoms with Crippen molar-refractivity contribution in [3.63, 3.8) is 0 Å². The molecule has 0 fully saturated rings. The Morgan fingerprint density at radius 1 is 0.586 bits per heavy atom. The Morgan fingerprint density at radius 2 is 1.00 bits per heavy atom. The normalized spacial score (nSPS) is 12.4. The smallest absolute Gasteiger partial charge is 0.163 e. The highest BCUT2D eigenvalue weighted by Gasteiger charge is 2.37. The summed E-state index contributed by atoms with van der Waals surface area (Å²) < 4.78 is 14.9. The predicted molar refractivity (Wildman–Crippen MR) is 122 cm³/mol. The van der Waals surface area contributed by atoms with Crippen molar-refractivity contribution >= 4 is 17.8 Å². The van der Waals surface area contributed by atoms with E-state index in [0.29, 0.717) is 6.54 Å². The van der Waals surface area contributed by atoms with Crippen LogP contribution in [0, 0.1) is 0 Å². The summed E-state index contributed by atoms with van der Waals surface area (Å²) in [6.45, 7) is 0.643. The fourth-order valence-electron chi connectivity index (χ4n) is 3.65. The average molecular weight is 397 g/mol. The van der Waals surface area contributed by atoms with Gasteiger partial charge in [0, 0.05) is 17.2 Å². The minimum atomic E-state index is -3.00. The standard InChI is InChI=1S/C26H24NOP/c28-29(24-17-9-3-10-18-24,25-19-11-4-12-20-25)26(23-15-7-2-8-16-23)27-21-22-13-5-1-6-14-22/h1-20,26-27H,21H2. The third-order valence-electron chi connectivity index (χ3n) is 5.10. The van der Waals surface area contributed by atoms with E-state index in [0.717, 1.165) is 16.2 Å².